The maximum atomic E-state index is 12.1. The van der Waals surface area contributed by atoms with Crippen LogP contribution < -0.4 is 0 Å². The van der Waals surface area contributed by atoms with E-state index in [9.17, 15) is 14.7 Å². The summed E-state index contributed by atoms with van der Waals surface area (Å²) in [6, 6.07) is 7.44. The van der Waals surface area contributed by atoms with Crippen molar-refractivity contribution in [2.75, 3.05) is 0 Å². The number of halogens is 1. The minimum atomic E-state index is -1.56. The normalized spacial score (nSPS) is 15.2. The van der Waals surface area contributed by atoms with Crippen LogP contribution in [-0.4, -0.2) is 23.1 Å². The van der Waals surface area contributed by atoms with Crippen molar-refractivity contribution in [3.8, 4) is 0 Å². The molecule has 1 aromatic carbocycles. The van der Waals surface area contributed by atoms with Crippen LogP contribution in [0.25, 0.3) is 0 Å². The fraction of sp³-hybridized carbons (Fsp3) is 0.467. The van der Waals surface area contributed by atoms with Crippen molar-refractivity contribution in [1.82, 2.24) is 0 Å². The molecule has 0 spiro atoms. The molecule has 2 unspecified atom stereocenters. The van der Waals surface area contributed by atoms with E-state index in [0.29, 0.717) is 6.42 Å². The van der Waals surface area contributed by atoms with Crippen LogP contribution in [0, 0.1) is 8.99 Å². The first-order valence-corrected chi connectivity index (χ1v) is 7.56. The number of carbonyl (C=O) groups excluding carboxylic acids is 1. The van der Waals surface area contributed by atoms with E-state index in [0.717, 1.165) is 9.13 Å². The minimum absolute atomic E-state index is 0.120. The molecule has 110 valence electrons. The number of carboxylic acids is 1. The third kappa shape index (κ3) is 4.19. The van der Waals surface area contributed by atoms with Gasteiger partial charge in [-0.25, -0.2) is 0 Å². The van der Waals surface area contributed by atoms with Crippen molar-refractivity contribution < 1.29 is 19.4 Å². The molecule has 0 saturated carbocycles. The fourth-order valence-electron chi connectivity index (χ4n) is 1.64. The number of ether oxygens (including phenoxy) is 1. The number of benzene rings is 1. The Labute approximate surface area is 132 Å². The molecule has 0 saturated heterocycles. The smallest absolute Gasteiger partial charge is 0.323 e. The Hall–Kier alpha value is -1.11. The number of carbonyl (C=O) groups is 2. The molecule has 1 aromatic rings. The quantitative estimate of drug-likeness (QED) is 0.460. The van der Waals surface area contributed by atoms with Crippen LogP contribution >= 0.6 is 22.6 Å². The van der Waals surface area contributed by atoms with Crippen molar-refractivity contribution in [2.24, 2.45) is 5.41 Å². The molecule has 1 rings (SSSR count). The van der Waals surface area contributed by atoms with Gasteiger partial charge in [-0.1, -0.05) is 19.1 Å². The number of esters is 1. The van der Waals surface area contributed by atoms with Crippen LogP contribution in [0.2, 0.25) is 0 Å². The number of aliphatic carboxylic acids is 1. The first-order chi connectivity index (χ1) is 9.29. The first-order valence-electron chi connectivity index (χ1n) is 6.48. The summed E-state index contributed by atoms with van der Waals surface area (Å²) in [5.41, 5.74) is -0.757. The lowest BCUT2D eigenvalue weighted by Gasteiger charge is -2.24. The first kappa shape index (κ1) is 16.9. The highest BCUT2D eigenvalue weighted by atomic mass is 127. The van der Waals surface area contributed by atoms with Crippen molar-refractivity contribution >= 4 is 34.5 Å². The second-order valence-corrected chi connectivity index (χ2v) is 6.31. The number of rotatable bonds is 6. The number of hydrogen-bond donors (Lipinski definition) is 1. The number of hydrogen-bond acceptors (Lipinski definition) is 3. The van der Waals surface area contributed by atoms with Gasteiger partial charge in [0.25, 0.3) is 0 Å². The Balaban J connectivity index is 2.94. The van der Waals surface area contributed by atoms with Gasteiger partial charge in [-0.2, -0.15) is 0 Å². The summed E-state index contributed by atoms with van der Waals surface area (Å²) in [5.74, 6) is -1.85. The predicted octanol–water partition coefficient (Wildman–Crippen LogP) is 3.27. The second-order valence-electron chi connectivity index (χ2n) is 5.06. The fourth-order valence-corrected chi connectivity index (χ4v) is 2.00. The highest BCUT2D eigenvalue weighted by Crippen LogP contribution is 2.26. The molecule has 2 atom stereocenters. The van der Waals surface area contributed by atoms with E-state index in [1.165, 1.54) is 6.92 Å². The Morgan fingerprint density at radius 2 is 1.90 bits per heavy atom. The third-order valence-electron chi connectivity index (χ3n) is 3.28. The molecule has 5 heteroatoms. The zero-order valence-corrected chi connectivity index (χ0v) is 14.0. The summed E-state index contributed by atoms with van der Waals surface area (Å²) in [6.45, 7) is 5.05. The van der Waals surface area contributed by atoms with Crippen molar-refractivity contribution in [3.63, 3.8) is 0 Å². The van der Waals surface area contributed by atoms with Crippen LogP contribution in [0.5, 0.6) is 0 Å². The largest absolute Gasteiger partial charge is 0.480 e. The Morgan fingerprint density at radius 3 is 2.35 bits per heavy atom. The van der Waals surface area contributed by atoms with Crippen molar-refractivity contribution in [2.45, 2.75) is 39.7 Å². The van der Waals surface area contributed by atoms with Gasteiger partial charge in [0, 0.05) is 3.57 Å². The van der Waals surface area contributed by atoms with E-state index >= 15 is 0 Å². The maximum Gasteiger partial charge on any atom is 0.323 e. The van der Waals surface area contributed by atoms with Gasteiger partial charge in [0.2, 0.25) is 0 Å². The SMILES string of the molecule is CCC(C)OC(=O)C(C)(Cc1ccc(I)cc1)C(=O)O. The second kappa shape index (κ2) is 7.06. The third-order valence-corrected chi connectivity index (χ3v) is 4.00. The molecule has 0 heterocycles. The molecule has 0 fully saturated rings. The van der Waals surface area contributed by atoms with Crippen LogP contribution in [0.4, 0.5) is 0 Å². The van der Waals surface area contributed by atoms with Gasteiger partial charge in [0.1, 0.15) is 0 Å². The van der Waals surface area contributed by atoms with Crippen LogP contribution in [0.1, 0.15) is 32.8 Å². The lowest BCUT2D eigenvalue weighted by Crippen LogP contribution is -2.41. The molecule has 1 N–H and O–H groups in total. The zero-order valence-electron chi connectivity index (χ0n) is 11.9. The lowest BCUT2D eigenvalue weighted by molar-refractivity contribution is -0.170. The van der Waals surface area contributed by atoms with Gasteiger partial charge < -0.3 is 9.84 Å². The average Bonchev–Trinajstić information content (AvgIpc) is 2.40. The Bertz CT molecular complexity index is 483. The van der Waals surface area contributed by atoms with Crippen LogP contribution in [0.15, 0.2) is 24.3 Å². The summed E-state index contributed by atoms with van der Waals surface area (Å²) >= 11 is 2.17. The zero-order chi connectivity index (χ0) is 15.3. The molecule has 0 aliphatic heterocycles. The average molecular weight is 390 g/mol. The molecule has 0 radical (unpaired) electrons. The summed E-state index contributed by atoms with van der Waals surface area (Å²) in [6.07, 6.45) is 0.498. The lowest BCUT2D eigenvalue weighted by atomic mass is 9.83. The Morgan fingerprint density at radius 1 is 1.35 bits per heavy atom. The van der Waals surface area contributed by atoms with Gasteiger partial charge >= 0.3 is 11.9 Å². The topological polar surface area (TPSA) is 63.6 Å². The molecule has 0 aromatic heterocycles. The predicted molar refractivity (Wildman–Crippen MR) is 84.5 cm³/mol. The van der Waals surface area contributed by atoms with Gasteiger partial charge in [-0.3, -0.25) is 9.59 Å². The van der Waals surface area contributed by atoms with Gasteiger partial charge in [0.15, 0.2) is 5.41 Å². The molecule has 0 amide bonds. The van der Waals surface area contributed by atoms with Crippen molar-refractivity contribution in [1.29, 1.82) is 0 Å². The molecule has 0 aliphatic carbocycles. The van der Waals surface area contributed by atoms with E-state index in [2.05, 4.69) is 22.6 Å². The van der Waals surface area contributed by atoms with Crippen LogP contribution in [-0.2, 0) is 20.7 Å². The van der Waals surface area contributed by atoms with E-state index in [1.54, 1.807) is 6.92 Å². The molecular formula is C15H19IO4. The maximum absolute atomic E-state index is 12.1. The molecule has 20 heavy (non-hydrogen) atoms. The van der Waals surface area contributed by atoms with Gasteiger partial charge in [-0.15, -0.1) is 0 Å². The summed E-state index contributed by atoms with van der Waals surface area (Å²) in [7, 11) is 0. The molecular weight excluding hydrogens is 371 g/mol. The molecule has 4 nitrogen and oxygen atoms in total. The molecule has 0 aliphatic rings. The van der Waals surface area contributed by atoms with Gasteiger partial charge in [0.05, 0.1) is 6.10 Å². The highest BCUT2D eigenvalue weighted by Gasteiger charge is 2.43. The van der Waals surface area contributed by atoms with Gasteiger partial charge in [-0.05, 0) is 67.0 Å². The van der Waals surface area contributed by atoms with Crippen molar-refractivity contribution in [3.05, 3.63) is 33.4 Å². The minimum Gasteiger partial charge on any atom is -0.480 e. The summed E-state index contributed by atoms with van der Waals surface area (Å²) < 4.78 is 6.26. The summed E-state index contributed by atoms with van der Waals surface area (Å²) in [5, 5.41) is 9.40. The summed E-state index contributed by atoms with van der Waals surface area (Å²) in [4.78, 5) is 23.6. The Kier molecular flexibility index (Phi) is 5.98. The van der Waals surface area contributed by atoms with E-state index < -0.39 is 17.4 Å². The van der Waals surface area contributed by atoms with E-state index in [4.69, 9.17) is 4.74 Å². The number of carboxylic acid groups (broad SMARTS) is 1. The molecule has 0 bridgehead atoms. The van der Waals surface area contributed by atoms with E-state index in [-0.39, 0.29) is 12.5 Å². The monoisotopic (exact) mass is 390 g/mol. The van der Waals surface area contributed by atoms with Crippen LogP contribution in [0.3, 0.4) is 0 Å². The highest BCUT2D eigenvalue weighted by molar-refractivity contribution is 14.1. The standard InChI is InChI=1S/C15H19IO4/c1-4-10(2)20-14(19)15(3,13(17)18)9-11-5-7-12(16)8-6-11/h5-8,10H,4,9H2,1-3H3,(H,17,18). The van der Waals surface area contributed by atoms with E-state index in [1.807, 2.05) is 31.2 Å².